The molecule has 0 aromatic heterocycles. The molecule has 1 aromatic carbocycles. The van der Waals surface area contributed by atoms with E-state index in [1.165, 1.54) is 12.1 Å². The summed E-state index contributed by atoms with van der Waals surface area (Å²) >= 11 is 0. The zero-order chi connectivity index (χ0) is 13.4. The molecule has 0 saturated carbocycles. The van der Waals surface area contributed by atoms with Crippen LogP contribution in [0, 0.1) is 0 Å². The largest absolute Gasteiger partial charge is 0.478 e. The van der Waals surface area contributed by atoms with Crippen molar-refractivity contribution in [3.8, 4) is 0 Å². The van der Waals surface area contributed by atoms with Crippen LogP contribution in [0.1, 0.15) is 17.3 Å². The van der Waals surface area contributed by atoms with Crippen LogP contribution in [0.2, 0.25) is 0 Å². The molecule has 18 heavy (non-hydrogen) atoms. The fraction of sp³-hybridized carbons (Fsp3) is 0.333. The molecule has 0 aliphatic carbocycles. The zero-order valence-electron chi connectivity index (χ0n) is 10.1. The Hall–Kier alpha value is -2.08. The predicted octanol–water partition coefficient (Wildman–Crippen LogP) is 1.54. The van der Waals surface area contributed by atoms with Gasteiger partial charge in [0.1, 0.15) is 0 Å². The summed E-state index contributed by atoms with van der Waals surface area (Å²) in [5.41, 5.74) is 0.316. The van der Waals surface area contributed by atoms with Crippen molar-refractivity contribution in [3.05, 3.63) is 29.8 Å². The molecule has 3 N–H and O–H groups in total. The van der Waals surface area contributed by atoms with Crippen molar-refractivity contribution in [2.45, 2.75) is 6.92 Å². The van der Waals surface area contributed by atoms with E-state index in [9.17, 15) is 9.59 Å². The fourth-order valence-electron chi connectivity index (χ4n) is 1.33. The number of hydrogen-bond donors (Lipinski definition) is 3. The fourth-order valence-corrected chi connectivity index (χ4v) is 1.33. The number of nitrogens with one attached hydrogen (secondary N) is 2. The lowest BCUT2D eigenvalue weighted by Crippen LogP contribution is -2.32. The molecule has 0 spiro atoms. The van der Waals surface area contributed by atoms with E-state index in [2.05, 4.69) is 10.6 Å². The van der Waals surface area contributed by atoms with Crippen molar-refractivity contribution < 1.29 is 19.4 Å². The molecule has 1 rings (SSSR count). The van der Waals surface area contributed by atoms with E-state index in [1.54, 1.807) is 12.1 Å². The van der Waals surface area contributed by atoms with Gasteiger partial charge in [-0.15, -0.1) is 0 Å². The molecular weight excluding hydrogens is 236 g/mol. The van der Waals surface area contributed by atoms with Gasteiger partial charge >= 0.3 is 12.0 Å². The maximum Gasteiger partial charge on any atom is 0.337 e. The van der Waals surface area contributed by atoms with Gasteiger partial charge in [-0.1, -0.05) is 12.1 Å². The summed E-state index contributed by atoms with van der Waals surface area (Å²) in [6.07, 6.45) is 0. The summed E-state index contributed by atoms with van der Waals surface area (Å²) in [5.74, 6) is -1.08. The normalized spacial score (nSPS) is 9.83. The van der Waals surface area contributed by atoms with Gasteiger partial charge in [0.2, 0.25) is 0 Å². The maximum absolute atomic E-state index is 11.5. The number of urea groups is 1. The number of ether oxygens (including phenoxy) is 1. The first-order valence-electron chi connectivity index (χ1n) is 5.60. The van der Waals surface area contributed by atoms with E-state index in [4.69, 9.17) is 9.84 Å². The number of para-hydroxylation sites is 1. The SMILES string of the molecule is CCOCCNC(=O)Nc1ccccc1C(=O)O. The van der Waals surface area contributed by atoms with Crippen LogP contribution in [0.15, 0.2) is 24.3 Å². The van der Waals surface area contributed by atoms with E-state index in [-0.39, 0.29) is 11.3 Å². The lowest BCUT2D eigenvalue weighted by Gasteiger charge is -2.09. The van der Waals surface area contributed by atoms with E-state index < -0.39 is 12.0 Å². The summed E-state index contributed by atoms with van der Waals surface area (Å²) in [4.78, 5) is 22.4. The minimum absolute atomic E-state index is 0.0532. The molecule has 1 aromatic rings. The highest BCUT2D eigenvalue weighted by Crippen LogP contribution is 2.14. The summed E-state index contributed by atoms with van der Waals surface area (Å²) in [5, 5.41) is 14.0. The third kappa shape index (κ3) is 4.42. The van der Waals surface area contributed by atoms with Crippen molar-refractivity contribution in [1.82, 2.24) is 5.32 Å². The number of rotatable bonds is 6. The zero-order valence-corrected chi connectivity index (χ0v) is 10.1. The van der Waals surface area contributed by atoms with E-state index in [1.807, 2.05) is 6.92 Å². The van der Waals surface area contributed by atoms with Crippen LogP contribution in [0.4, 0.5) is 10.5 Å². The molecule has 6 nitrogen and oxygen atoms in total. The van der Waals surface area contributed by atoms with Crippen molar-refractivity contribution in [1.29, 1.82) is 0 Å². The van der Waals surface area contributed by atoms with Crippen molar-refractivity contribution in [3.63, 3.8) is 0 Å². The number of benzene rings is 1. The minimum atomic E-state index is -1.08. The molecule has 0 atom stereocenters. The molecule has 0 unspecified atom stereocenters. The standard InChI is InChI=1S/C12H16N2O4/c1-2-18-8-7-13-12(17)14-10-6-4-3-5-9(10)11(15)16/h3-6H,2,7-8H2,1H3,(H,15,16)(H2,13,14,17). The molecule has 0 heterocycles. The van der Waals surface area contributed by atoms with Gasteiger partial charge < -0.3 is 20.5 Å². The van der Waals surface area contributed by atoms with E-state index in [0.29, 0.717) is 19.8 Å². The molecular formula is C12H16N2O4. The number of aromatic carboxylic acids is 1. The third-order valence-corrected chi connectivity index (χ3v) is 2.14. The van der Waals surface area contributed by atoms with Crippen LogP contribution in [-0.4, -0.2) is 36.9 Å². The van der Waals surface area contributed by atoms with Crippen LogP contribution >= 0.6 is 0 Å². The van der Waals surface area contributed by atoms with Gasteiger partial charge in [-0.25, -0.2) is 9.59 Å². The average Bonchev–Trinajstić information content (AvgIpc) is 2.35. The average molecular weight is 252 g/mol. The molecule has 0 saturated heterocycles. The Morgan fingerprint density at radius 2 is 2.06 bits per heavy atom. The molecule has 98 valence electrons. The summed E-state index contributed by atoms with van der Waals surface area (Å²) in [6, 6.07) is 5.76. The van der Waals surface area contributed by atoms with Crippen molar-refractivity contribution in [2.24, 2.45) is 0 Å². The Morgan fingerprint density at radius 1 is 1.33 bits per heavy atom. The number of anilines is 1. The summed E-state index contributed by atoms with van der Waals surface area (Å²) in [6.45, 7) is 3.24. The van der Waals surface area contributed by atoms with Gasteiger partial charge in [-0.3, -0.25) is 0 Å². The second kappa shape index (κ2) is 7.29. The molecule has 0 bridgehead atoms. The van der Waals surface area contributed by atoms with Gasteiger partial charge in [0, 0.05) is 13.2 Å². The number of hydrogen-bond acceptors (Lipinski definition) is 3. The minimum Gasteiger partial charge on any atom is -0.478 e. The topological polar surface area (TPSA) is 87.7 Å². The summed E-state index contributed by atoms with van der Waals surface area (Å²) < 4.78 is 5.06. The van der Waals surface area contributed by atoms with Crippen molar-refractivity contribution >= 4 is 17.7 Å². The quantitative estimate of drug-likeness (QED) is 0.670. The highest BCUT2D eigenvalue weighted by molar-refractivity contribution is 5.99. The summed E-state index contributed by atoms with van der Waals surface area (Å²) in [7, 11) is 0. The lowest BCUT2D eigenvalue weighted by atomic mass is 10.2. The number of carbonyl (C=O) groups is 2. The van der Waals surface area contributed by atoms with Gasteiger partial charge in [0.25, 0.3) is 0 Å². The first-order valence-corrected chi connectivity index (χ1v) is 5.60. The Balaban J connectivity index is 2.51. The highest BCUT2D eigenvalue weighted by atomic mass is 16.5. The number of carbonyl (C=O) groups excluding carboxylic acids is 1. The van der Waals surface area contributed by atoms with Gasteiger partial charge in [0.15, 0.2) is 0 Å². The van der Waals surface area contributed by atoms with Crippen LogP contribution < -0.4 is 10.6 Å². The number of carboxylic acids is 1. The second-order valence-corrected chi connectivity index (χ2v) is 3.43. The number of amides is 2. The van der Waals surface area contributed by atoms with Crippen molar-refractivity contribution in [2.75, 3.05) is 25.1 Å². The van der Waals surface area contributed by atoms with Crippen LogP contribution in [0.5, 0.6) is 0 Å². The first kappa shape index (κ1) is 14.0. The molecule has 0 aliphatic heterocycles. The molecule has 0 fully saturated rings. The Morgan fingerprint density at radius 3 is 2.72 bits per heavy atom. The van der Waals surface area contributed by atoms with Crippen LogP contribution in [-0.2, 0) is 4.74 Å². The third-order valence-electron chi connectivity index (χ3n) is 2.14. The molecule has 0 radical (unpaired) electrons. The Kier molecular flexibility index (Phi) is 5.66. The highest BCUT2D eigenvalue weighted by Gasteiger charge is 2.10. The Bertz CT molecular complexity index is 420. The van der Waals surface area contributed by atoms with Crippen LogP contribution in [0.25, 0.3) is 0 Å². The van der Waals surface area contributed by atoms with Crippen LogP contribution in [0.3, 0.4) is 0 Å². The van der Waals surface area contributed by atoms with E-state index in [0.717, 1.165) is 0 Å². The maximum atomic E-state index is 11.5. The van der Waals surface area contributed by atoms with Gasteiger partial charge in [-0.05, 0) is 19.1 Å². The second-order valence-electron chi connectivity index (χ2n) is 3.43. The molecule has 6 heteroatoms. The van der Waals surface area contributed by atoms with Gasteiger partial charge in [0.05, 0.1) is 17.9 Å². The lowest BCUT2D eigenvalue weighted by molar-refractivity contribution is 0.0698. The predicted molar refractivity (Wildman–Crippen MR) is 66.9 cm³/mol. The number of carboxylic acid groups (broad SMARTS) is 1. The monoisotopic (exact) mass is 252 g/mol. The van der Waals surface area contributed by atoms with Gasteiger partial charge in [-0.2, -0.15) is 0 Å². The first-order chi connectivity index (χ1) is 8.65. The molecule has 2 amide bonds. The Labute approximate surface area is 105 Å². The smallest absolute Gasteiger partial charge is 0.337 e. The molecule has 0 aliphatic rings. The van der Waals surface area contributed by atoms with E-state index >= 15 is 0 Å².